The van der Waals surface area contributed by atoms with Crippen LogP contribution in [-0.2, 0) is 0 Å². The number of rotatable bonds is 7. The predicted molar refractivity (Wildman–Crippen MR) is 140 cm³/mol. The summed E-state index contributed by atoms with van der Waals surface area (Å²) in [5, 5.41) is 8.68. The van der Waals surface area contributed by atoms with Crippen molar-refractivity contribution in [3.8, 4) is 0 Å². The Morgan fingerprint density at radius 2 is 1.82 bits per heavy atom. The van der Waals surface area contributed by atoms with Crippen LogP contribution in [0.25, 0.3) is 0 Å². The van der Waals surface area contributed by atoms with Gasteiger partial charge in [-0.3, -0.25) is 0 Å². The van der Waals surface area contributed by atoms with Gasteiger partial charge in [0.25, 0.3) is 0 Å². The maximum atomic E-state index is 4.43. The summed E-state index contributed by atoms with van der Waals surface area (Å²) < 4.78 is 0. The first-order valence-corrected chi connectivity index (χ1v) is 13.1. The molecule has 0 aromatic heterocycles. The molecule has 0 N–H and O–H groups in total. The summed E-state index contributed by atoms with van der Waals surface area (Å²) in [6.07, 6.45) is 15.9. The third-order valence-corrected chi connectivity index (χ3v) is 8.18. The summed E-state index contributed by atoms with van der Waals surface area (Å²) in [7, 11) is 0. The number of benzene rings is 1. The van der Waals surface area contributed by atoms with Crippen molar-refractivity contribution < 1.29 is 0 Å². The van der Waals surface area contributed by atoms with Gasteiger partial charge in [0.05, 0.1) is 5.71 Å². The lowest BCUT2D eigenvalue weighted by atomic mass is 9.87. The zero-order valence-corrected chi connectivity index (χ0v) is 20.8. The predicted octanol–water partition coefficient (Wildman–Crippen LogP) is 7.22. The molecule has 5 rings (SSSR count). The highest BCUT2D eigenvalue weighted by Gasteiger charge is 2.25. The van der Waals surface area contributed by atoms with E-state index in [2.05, 4.69) is 66.2 Å². The summed E-state index contributed by atoms with van der Waals surface area (Å²) in [5.74, 6) is 0.750. The van der Waals surface area contributed by atoms with Crippen LogP contribution in [0.5, 0.6) is 0 Å². The first kappa shape index (κ1) is 22.5. The molecule has 174 valence electrons. The first-order valence-electron chi connectivity index (χ1n) is 13.1. The molecule has 1 fully saturated rings. The van der Waals surface area contributed by atoms with Crippen LogP contribution in [-0.4, -0.2) is 36.0 Å². The Bertz CT molecular complexity index is 1060. The van der Waals surface area contributed by atoms with E-state index >= 15 is 0 Å². The van der Waals surface area contributed by atoms with Crippen LogP contribution >= 0.6 is 0 Å². The fourth-order valence-electron chi connectivity index (χ4n) is 5.94. The second-order valence-corrected chi connectivity index (χ2v) is 10.6. The number of allylic oxidation sites excluding steroid dienone is 6. The van der Waals surface area contributed by atoms with Crippen LogP contribution in [0.15, 0.2) is 62.8 Å². The molecule has 2 aliphatic heterocycles. The van der Waals surface area contributed by atoms with Crippen molar-refractivity contribution in [1.29, 1.82) is 0 Å². The van der Waals surface area contributed by atoms with Crippen LogP contribution in [0.4, 0.5) is 0 Å². The highest BCUT2D eigenvalue weighted by Crippen LogP contribution is 2.39. The quantitative estimate of drug-likeness (QED) is 0.410. The zero-order chi connectivity index (χ0) is 22.8. The minimum Gasteiger partial charge on any atom is -0.303 e. The van der Waals surface area contributed by atoms with Gasteiger partial charge >= 0.3 is 0 Å². The Balaban J connectivity index is 1.06. The smallest absolute Gasteiger partial charge is 0.0722 e. The second-order valence-electron chi connectivity index (χ2n) is 10.6. The third kappa shape index (κ3) is 5.14. The molecule has 1 aromatic rings. The van der Waals surface area contributed by atoms with Crippen molar-refractivity contribution in [2.24, 2.45) is 10.2 Å². The molecule has 0 radical (unpaired) electrons. The molecule has 1 saturated heterocycles. The summed E-state index contributed by atoms with van der Waals surface area (Å²) in [4.78, 5) is 2.70. The molecule has 33 heavy (non-hydrogen) atoms. The van der Waals surface area contributed by atoms with Crippen LogP contribution in [0.1, 0.15) is 87.3 Å². The van der Waals surface area contributed by atoms with Crippen LogP contribution in [0, 0.1) is 13.8 Å². The van der Waals surface area contributed by atoms with Crippen molar-refractivity contribution >= 4 is 11.4 Å². The largest absolute Gasteiger partial charge is 0.303 e. The molecule has 0 saturated carbocycles. The van der Waals surface area contributed by atoms with E-state index in [1.807, 2.05) is 0 Å². The Labute approximate surface area is 200 Å². The lowest BCUT2D eigenvalue weighted by Crippen LogP contribution is -2.33. The van der Waals surface area contributed by atoms with E-state index in [0.717, 1.165) is 24.5 Å². The Hall–Kier alpha value is -2.26. The van der Waals surface area contributed by atoms with Gasteiger partial charge in [-0.1, -0.05) is 29.8 Å². The fourth-order valence-corrected chi connectivity index (χ4v) is 5.94. The topological polar surface area (TPSA) is 28.0 Å². The fraction of sp³-hybridized carbons (Fsp3) is 0.533. The van der Waals surface area contributed by atoms with Crippen LogP contribution in [0.3, 0.4) is 0 Å². The molecule has 3 heteroatoms. The molecular weight excluding hydrogens is 402 g/mol. The summed E-state index contributed by atoms with van der Waals surface area (Å²) >= 11 is 0. The second kappa shape index (κ2) is 9.93. The lowest BCUT2D eigenvalue weighted by molar-refractivity contribution is 0.209. The van der Waals surface area contributed by atoms with E-state index < -0.39 is 0 Å². The van der Waals surface area contributed by atoms with E-state index in [1.54, 1.807) is 16.7 Å². The molecule has 0 spiro atoms. The molecular formula is C30H39N3. The van der Waals surface area contributed by atoms with Gasteiger partial charge in [-0.05, 0) is 137 Å². The van der Waals surface area contributed by atoms with E-state index in [1.165, 1.54) is 92.6 Å². The van der Waals surface area contributed by atoms with Gasteiger partial charge in [0.15, 0.2) is 0 Å². The molecule has 2 heterocycles. The van der Waals surface area contributed by atoms with Gasteiger partial charge < -0.3 is 4.90 Å². The minimum absolute atomic E-state index is 0.750. The number of likely N-dealkylation sites (tertiary alicyclic amines) is 1. The van der Waals surface area contributed by atoms with E-state index in [4.69, 9.17) is 0 Å². The normalized spacial score (nSPS) is 21.7. The van der Waals surface area contributed by atoms with Crippen molar-refractivity contribution in [3.05, 3.63) is 69.3 Å². The van der Waals surface area contributed by atoms with Gasteiger partial charge in [0, 0.05) is 12.1 Å². The third-order valence-electron chi connectivity index (χ3n) is 8.18. The number of hydrogen-bond donors (Lipinski definition) is 0. The van der Waals surface area contributed by atoms with Gasteiger partial charge in [0.1, 0.15) is 0 Å². The molecule has 1 aromatic carbocycles. The van der Waals surface area contributed by atoms with E-state index in [-0.39, 0.29) is 0 Å². The number of aryl methyl sites for hydroxylation is 2. The highest BCUT2D eigenvalue weighted by atomic mass is 15.2. The summed E-state index contributed by atoms with van der Waals surface area (Å²) in [6, 6.07) is 7.09. The highest BCUT2D eigenvalue weighted by molar-refractivity contribution is 6.15. The molecule has 0 atom stereocenters. The Kier molecular flexibility index (Phi) is 6.78. The SMILES string of the molecule is CC1=NN=C(C2=CC3=C(CCC=C3CCCCN3CCC(c4ccc(C)c(C)c4)CC3)C2)C1. The molecule has 4 aliphatic rings. The molecule has 0 bridgehead atoms. The Morgan fingerprint density at radius 3 is 2.58 bits per heavy atom. The average molecular weight is 442 g/mol. The maximum absolute atomic E-state index is 4.43. The van der Waals surface area contributed by atoms with E-state index in [0.29, 0.717) is 0 Å². The van der Waals surface area contributed by atoms with Gasteiger partial charge in [0.2, 0.25) is 0 Å². The van der Waals surface area contributed by atoms with Crippen molar-refractivity contribution in [2.75, 3.05) is 19.6 Å². The minimum atomic E-state index is 0.750. The van der Waals surface area contributed by atoms with Gasteiger partial charge in [-0.2, -0.15) is 10.2 Å². The van der Waals surface area contributed by atoms with Crippen molar-refractivity contribution in [1.82, 2.24) is 4.90 Å². The standard InChI is InChI=1S/C30H39N3/c1-21-10-11-26(17-22(21)2)24-12-15-33(16-13-24)14-5-4-7-25-8-6-9-27-19-28(20-29(25)27)30-18-23(3)31-32-30/h8,10-11,17,20,24H,4-7,9,12-16,18-19H2,1-3H3. The lowest BCUT2D eigenvalue weighted by Gasteiger charge is -2.32. The van der Waals surface area contributed by atoms with Crippen molar-refractivity contribution in [2.45, 2.75) is 84.5 Å². The van der Waals surface area contributed by atoms with Gasteiger partial charge in [-0.25, -0.2) is 0 Å². The number of nitrogens with zero attached hydrogens (tertiary/aromatic N) is 3. The van der Waals surface area contributed by atoms with Crippen LogP contribution < -0.4 is 0 Å². The number of piperidine rings is 1. The van der Waals surface area contributed by atoms with Crippen molar-refractivity contribution in [3.63, 3.8) is 0 Å². The monoisotopic (exact) mass is 441 g/mol. The number of hydrogen-bond acceptors (Lipinski definition) is 3. The first-order chi connectivity index (χ1) is 16.1. The zero-order valence-electron chi connectivity index (χ0n) is 20.8. The van der Waals surface area contributed by atoms with E-state index in [9.17, 15) is 0 Å². The molecule has 0 amide bonds. The Morgan fingerprint density at radius 1 is 0.970 bits per heavy atom. The van der Waals surface area contributed by atoms with Crippen LogP contribution in [0.2, 0.25) is 0 Å². The molecule has 2 aliphatic carbocycles. The molecule has 0 unspecified atom stereocenters. The van der Waals surface area contributed by atoms with Gasteiger partial charge in [-0.15, -0.1) is 0 Å². The summed E-state index contributed by atoms with van der Waals surface area (Å²) in [5.41, 5.74) is 12.9. The average Bonchev–Trinajstić information content (AvgIpc) is 3.45. The maximum Gasteiger partial charge on any atom is 0.0722 e. The molecule has 3 nitrogen and oxygen atoms in total. The summed E-state index contributed by atoms with van der Waals surface area (Å²) in [6.45, 7) is 10.3. The number of unbranched alkanes of at least 4 members (excludes halogenated alkanes) is 1.